The van der Waals surface area contributed by atoms with Crippen LogP contribution in [0.3, 0.4) is 0 Å². The summed E-state index contributed by atoms with van der Waals surface area (Å²) in [6.07, 6.45) is 2.10. The van der Waals surface area contributed by atoms with Crippen molar-refractivity contribution >= 4 is 32.6 Å². The molecule has 1 N–H and O–H groups in total. The van der Waals surface area contributed by atoms with Gasteiger partial charge in [0.25, 0.3) is 0 Å². The van der Waals surface area contributed by atoms with Crippen LogP contribution in [0.25, 0.3) is 10.8 Å². The number of hydrogen-bond acceptors (Lipinski definition) is 5. The van der Waals surface area contributed by atoms with Crippen molar-refractivity contribution in [3.8, 4) is 0 Å². The molecule has 1 aliphatic rings. The van der Waals surface area contributed by atoms with Crippen LogP contribution in [0.2, 0.25) is 0 Å². The molecule has 0 bridgehead atoms. The molecule has 0 saturated carbocycles. The lowest BCUT2D eigenvalue weighted by atomic mass is 10.0. The molecule has 1 aliphatic heterocycles. The Morgan fingerprint density at radius 1 is 0.809 bits per heavy atom. The molecule has 2 atom stereocenters. The molecule has 9 heteroatoms. The molecule has 1 fully saturated rings. The van der Waals surface area contributed by atoms with E-state index in [9.17, 15) is 18.0 Å². The lowest BCUT2D eigenvalue weighted by Gasteiger charge is -2.29. The fourth-order valence-electron chi connectivity index (χ4n) is 6.30. The minimum absolute atomic E-state index is 0.100. The minimum Gasteiger partial charge on any atom is -0.344 e. The minimum atomic E-state index is -3.97. The lowest BCUT2D eigenvalue weighted by molar-refractivity contribution is -0.135. The Hall–Kier alpha value is -4.05. The van der Waals surface area contributed by atoms with Crippen LogP contribution in [-0.2, 0) is 32.6 Å². The summed E-state index contributed by atoms with van der Waals surface area (Å²) >= 11 is 0. The van der Waals surface area contributed by atoms with Crippen LogP contribution in [0.15, 0.2) is 102 Å². The Morgan fingerprint density at radius 2 is 1.43 bits per heavy atom. The first kappa shape index (κ1) is 34.3. The smallest absolute Gasteiger partial charge is 0.245 e. The van der Waals surface area contributed by atoms with Gasteiger partial charge in [0.1, 0.15) is 6.04 Å². The predicted molar refractivity (Wildman–Crippen MR) is 187 cm³/mol. The average Bonchev–Trinajstić information content (AvgIpc) is 3.65. The number of carbonyl (C=O) groups excluding carboxylic acids is 2. The number of nitrogens with zero attached hydrogens (tertiary/aromatic N) is 3. The van der Waals surface area contributed by atoms with Crippen LogP contribution in [-0.4, -0.2) is 73.6 Å². The highest BCUT2D eigenvalue weighted by atomic mass is 32.2. The maximum absolute atomic E-state index is 14.0. The van der Waals surface area contributed by atoms with E-state index in [4.69, 9.17) is 0 Å². The predicted octanol–water partition coefficient (Wildman–Crippen LogP) is 5.78. The summed E-state index contributed by atoms with van der Waals surface area (Å²) < 4.78 is 29.2. The second-order valence-electron chi connectivity index (χ2n) is 12.3. The van der Waals surface area contributed by atoms with Crippen molar-refractivity contribution in [3.05, 3.63) is 114 Å². The van der Waals surface area contributed by atoms with Gasteiger partial charge >= 0.3 is 0 Å². The zero-order chi connectivity index (χ0) is 33.4. The molecule has 4 aromatic carbocycles. The van der Waals surface area contributed by atoms with Gasteiger partial charge in [-0.15, -0.1) is 0 Å². The number of benzene rings is 4. The molecule has 47 heavy (non-hydrogen) atoms. The fourth-order valence-corrected chi connectivity index (χ4v) is 7.68. The Balaban J connectivity index is 1.37. The van der Waals surface area contributed by atoms with E-state index in [0.29, 0.717) is 25.1 Å². The van der Waals surface area contributed by atoms with Crippen LogP contribution in [0.4, 0.5) is 0 Å². The summed E-state index contributed by atoms with van der Waals surface area (Å²) in [7, 11) is -2.46. The Kier molecular flexibility index (Phi) is 11.4. The number of rotatable bonds is 14. The highest BCUT2D eigenvalue weighted by Gasteiger charge is 2.33. The first-order chi connectivity index (χ1) is 22.7. The van der Waals surface area contributed by atoms with E-state index in [-0.39, 0.29) is 23.1 Å². The SMILES string of the molecule is CCN(CC)Cc1ccc(CC(NC(=O)CC(c2ccccc2)N(C)S(=O)(=O)c2ccc3ccccc3c2)C(=O)N2CCCC2)cc1. The molecule has 248 valence electrons. The van der Waals surface area contributed by atoms with Gasteiger partial charge in [0.15, 0.2) is 0 Å². The third-order valence-corrected chi connectivity index (χ3v) is 11.1. The number of likely N-dealkylation sites (tertiary alicyclic amines) is 1. The third-order valence-electron chi connectivity index (χ3n) is 9.21. The molecule has 2 unspecified atom stereocenters. The normalized spacial score (nSPS) is 14.9. The lowest BCUT2D eigenvalue weighted by Crippen LogP contribution is -2.49. The maximum atomic E-state index is 14.0. The standard InChI is InChI=1S/C38H46N4O4S/c1-4-41(5-2)28-30-19-17-29(18-20-30)25-35(38(44)42-23-11-12-24-42)39-37(43)27-36(32-14-7-6-8-15-32)40(3)47(45,46)34-22-21-31-13-9-10-16-33(31)26-34/h6-10,13-22,26,35-36H,4-5,11-12,23-25,27-28H2,1-3H3,(H,39,43). The number of nitrogens with one attached hydrogen (secondary N) is 1. The van der Waals surface area contributed by atoms with E-state index in [1.807, 2.05) is 71.6 Å². The van der Waals surface area contributed by atoms with Crippen molar-refractivity contribution in [1.29, 1.82) is 0 Å². The number of sulfonamides is 1. The molecular weight excluding hydrogens is 609 g/mol. The second kappa shape index (κ2) is 15.7. The van der Waals surface area contributed by atoms with E-state index in [0.717, 1.165) is 48.8 Å². The van der Waals surface area contributed by atoms with Crippen molar-refractivity contribution in [3.63, 3.8) is 0 Å². The number of hydrogen-bond donors (Lipinski definition) is 1. The van der Waals surface area contributed by atoms with Crippen molar-refractivity contribution in [2.75, 3.05) is 33.2 Å². The molecule has 0 aromatic heterocycles. The highest BCUT2D eigenvalue weighted by Crippen LogP contribution is 2.30. The Labute approximate surface area is 279 Å². The van der Waals surface area contributed by atoms with Gasteiger partial charge in [0.2, 0.25) is 21.8 Å². The van der Waals surface area contributed by atoms with Crippen LogP contribution in [0.5, 0.6) is 0 Å². The van der Waals surface area contributed by atoms with Crippen molar-refractivity contribution in [2.45, 2.75) is 63.1 Å². The van der Waals surface area contributed by atoms with Crippen LogP contribution in [0, 0.1) is 0 Å². The largest absolute Gasteiger partial charge is 0.344 e. The number of fused-ring (bicyclic) bond motifs is 1. The zero-order valence-corrected chi connectivity index (χ0v) is 28.5. The van der Waals surface area contributed by atoms with Gasteiger partial charge in [0.05, 0.1) is 10.9 Å². The fraction of sp³-hybridized carbons (Fsp3) is 0.368. The van der Waals surface area contributed by atoms with Gasteiger partial charge in [-0.2, -0.15) is 4.31 Å². The summed E-state index contributed by atoms with van der Waals surface area (Å²) in [6, 6.07) is 28.6. The van der Waals surface area contributed by atoms with Gasteiger partial charge in [-0.25, -0.2) is 8.42 Å². The summed E-state index contributed by atoms with van der Waals surface area (Å²) in [5.41, 5.74) is 2.85. The van der Waals surface area contributed by atoms with Gasteiger partial charge in [-0.05, 0) is 65.5 Å². The molecule has 8 nitrogen and oxygen atoms in total. The van der Waals surface area contributed by atoms with Crippen molar-refractivity contribution < 1.29 is 18.0 Å². The van der Waals surface area contributed by atoms with Crippen LogP contribution < -0.4 is 5.32 Å². The summed E-state index contributed by atoms with van der Waals surface area (Å²) in [4.78, 5) is 31.9. The van der Waals surface area contributed by atoms with E-state index in [1.165, 1.54) is 16.9 Å². The number of carbonyl (C=O) groups is 2. The second-order valence-corrected chi connectivity index (χ2v) is 14.3. The van der Waals surface area contributed by atoms with Crippen molar-refractivity contribution in [1.82, 2.24) is 19.4 Å². The first-order valence-electron chi connectivity index (χ1n) is 16.6. The molecule has 1 heterocycles. The van der Waals surface area contributed by atoms with Crippen LogP contribution >= 0.6 is 0 Å². The quantitative estimate of drug-likeness (QED) is 0.186. The highest BCUT2D eigenvalue weighted by molar-refractivity contribution is 7.89. The number of amides is 2. The summed E-state index contributed by atoms with van der Waals surface area (Å²) in [5.74, 6) is -0.480. The molecule has 0 spiro atoms. The molecule has 0 radical (unpaired) electrons. The average molecular weight is 655 g/mol. The van der Waals surface area contributed by atoms with E-state index in [1.54, 1.807) is 18.2 Å². The van der Waals surface area contributed by atoms with Crippen LogP contribution in [0.1, 0.15) is 55.8 Å². The third kappa shape index (κ3) is 8.46. The first-order valence-corrected chi connectivity index (χ1v) is 18.0. The van der Waals surface area contributed by atoms with Gasteiger partial charge in [0, 0.05) is 39.5 Å². The maximum Gasteiger partial charge on any atom is 0.245 e. The Bertz CT molecular complexity index is 1750. The summed E-state index contributed by atoms with van der Waals surface area (Å²) in [5, 5.41) is 4.78. The molecule has 2 amide bonds. The van der Waals surface area contributed by atoms with Gasteiger partial charge in [-0.3, -0.25) is 14.5 Å². The molecule has 1 saturated heterocycles. The topological polar surface area (TPSA) is 90.0 Å². The molecule has 4 aromatic rings. The summed E-state index contributed by atoms with van der Waals surface area (Å²) in [6.45, 7) is 8.44. The van der Waals surface area contributed by atoms with E-state index < -0.39 is 22.1 Å². The molecule has 0 aliphatic carbocycles. The zero-order valence-electron chi connectivity index (χ0n) is 27.6. The molecular formula is C38H46N4O4S. The van der Waals surface area contributed by atoms with Crippen molar-refractivity contribution in [2.24, 2.45) is 0 Å². The van der Waals surface area contributed by atoms with E-state index >= 15 is 0 Å². The molecule has 5 rings (SSSR count). The van der Waals surface area contributed by atoms with Gasteiger partial charge < -0.3 is 10.2 Å². The Morgan fingerprint density at radius 3 is 2.09 bits per heavy atom. The van der Waals surface area contributed by atoms with E-state index in [2.05, 4.69) is 36.2 Å². The van der Waals surface area contributed by atoms with Gasteiger partial charge in [-0.1, -0.05) is 98.8 Å². The monoisotopic (exact) mass is 654 g/mol.